The number of aromatic nitrogens is 1. The third kappa shape index (κ3) is 4.90. The van der Waals surface area contributed by atoms with E-state index in [0.717, 1.165) is 55.2 Å². The molecule has 2 aliphatic rings. The number of carbonyl (C=O) groups excluding carboxylic acids is 1. The predicted octanol–water partition coefficient (Wildman–Crippen LogP) is 3.45. The molecule has 2 aromatic carbocycles. The van der Waals surface area contributed by atoms with Gasteiger partial charge in [0.05, 0.1) is 30.5 Å². The van der Waals surface area contributed by atoms with Crippen LogP contribution in [0.3, 0.4) is 0 Å². The lowest BCUT2D eigenvalue weighted by Crippen LogP contribution is -2.39. The van der Waals surface area contributed by atoms with E-state index >= 15 is 0 Å². The monoisotopic (exact) mass is 469 g/mol. The van der Waals surface area contributed by atoms with Crippen molar-refractivity contribution in [1.82, 2.24) is 9.88 Å². The first-order chi connectivity index (χ1) is 16.2. The van der Waals surface area contributed by atoms with Crippen LogP contribution in [-0.4, -0.2) is 75.5 Å². The van der Waals surface area contributed by atoms with E-state index in [4.69, 9.17) is 23.9 Å². The van der Waals surface area contributed by atoms with Gasteiger partial charge in [0.1, 0.15) is 19.0 Å². The Morgan fingerprint density at radius 2 is 1.91 bits per heavy atom. The molecule has 9 heteroatoms. The number of benzene rings is 2. The number of methoxy groups -OCH3 is 1. The highest BCUT2D eigenvalue weighted by atomic mass is 32.1. The number of thiazole rings is 1. The molecule has 0 N–H and O–H groups in total. The first kappa shape index (κ1) is 21.9. The van der Waals surface area contributed by atoms with E-state index in [-0.39, 0.29) is 5.91 Å². The quantitative estimate of drug-likeness (QED) is 0.525. The zero-order chi connectivity index (χ0) is 22.6. The second kappa shape index (κ2) is 9.94. The molecule has 0 unspecified atom stereocenters. The molecule has 5 rings (SSSR count). The van der Waals surface area contributed by atoms with Gasteiger partial charge in [0.2, 0.25) is 0 Å². The topological polar surface area (TPSA) is 73.4 Å². The number of nitrogens with zero attached hydrogens (tertiary/aromatic N) is 3. The zero-order valence-corrected chi connectivity index (χ0v) is 19.4. The summed E-state index contributed by atoms with van der Waals surface area (Å²) >= 11 is 1.50. The maximum atomic E-state index is 13.7. The van der Waals surface area contributed by atoms with E-state index in [9.17, 15) is 4.79 Å². The summed E-state index contributed by atoms with van der Waals surface area (Å²) in [5, 5.41) is 0.681. The minimum absolute atomic E-state index is 0.0972. The number of hydrogen-bond donors (Lipinski definition) is 0. The lowest BCUT2D eigenvalue weighted by atomic mass is 10.1. The molecule has 174 valence electrons. The summed E-state index contributed by atoms with van der Waals surface area (Å²) in [7, 11) is 1.65. The highest BCUT2D eigenvalue weighted by Crippen LogP contribution is 2.34. The van der Waals surface area contributed by atoms with Crippen LogP contribution in [0.1, 0.15) is 16.8 Å². The van der Waals surface area contributed by atoms with Crippen LogP contribution < -0.4 is 19.1 Å². The molecule has 33 heavy (non-hydrogen) atoms. The molecule has 8 nitrogen and oxygen atoms in total. The average Bonchev–Trinajstić information content (AvgIpc) is 3.29. The van der Waals surface area contributed by atoms with Crippen LogP contribution in [0.2, 0.25) is 0 Å². The first-order valence-electron chi connectivity index (χ1n) is 11.2. The molecule has 1 fully saturated rings. The van der Waals surface area contributed by atoms with Gasteiger partial charge in [0, 0.05) is 31.7 Å². The third-order valence-corrected chi connectivity index (χ3v) is 6.85. The average molecular weight is 470 g/mol. The van der Waals surface area contributed by atoms with Crippen LogP contribution in [0.25, 0.3) is 10.2 Å². The molecule has 3 heterocycles. The van der Waals surface area contributed by atoms with Gasteiger partial charge >= 0.3 is 0 Å². The Kier molecular flexibility index (Phi) is 6.61. The minimum Gasteiger partial charge on any atom is -0.497 e. The number of amides is 1. The van der Waals surface area contributed by atoms with Crippen LogP contribution in [0, 0.1) is 0 Å². The van der Waals surface area contributed by atoms with Crippen LogP contribution in [-0.2, 0) is 4.74 Å². The summed E-state index contributed by atoms with van der Waals surface area (Å²) in [6, 6.07) is 11.1. The summed E-state index contributed by atoms with van der Waals surface area (Å²) < 4.78 is 23.1. The first-order valence-corrected chi connectivity index (χ1v) is 12.0. The number of hydrogen-bond acceptors (Lipinski definition) is 8. The van der Waals surface area contributed by atoms with Crippen molar-refractivity contribution in [2.75, 3.05) is 64.6 Å². The highest BCUT2D eigenvalue weighted by molar-refractivity contribution is 7.22. The minimum atomic E-state index is -0.0972. The molecule has 0 saturated carbocycles. The SMILES string of the molecule is COc1ccc2nc(N(CCCN3CCOCC3)C(=O)c3ccc4c(c3)OCCO4)sc2c1. The summed E-state index contributed by atoms with van der Waals surface area (Å²) in [5.41, 5.74) is 1.41. The molecule has 1 saturated heterocycles. The number of ether oxygens (including phenoxy) is 4. The fourth-order valence-corrected chi connectivity index (χ4v) is 5.05. The Bertz CT molecular complexity index is 1130. The van der Waals surface area contributed by atoms with Gasteiger partial charge in [-0.3, -0.25) is 14.6 Å². The number of fused-ring (bicyclic) bond motifs is 2. The largest absolute Gasteiger partial charge is 0.497 e. The maximum Gasteiger partial charge on any atom is 0.260 e. The van der Waals surface area contributed by atoms with Crippen molar-refractivity contribution >= 4 is 32.6 Å². The van der Waals surface area contributed by atoms with Crippen LogP contribution >= 0.6 is 11.3 Å². The van der Waals surface area contributed by atoms with Crippen LogP contribution in [0.5, 0.6) is 17.2 Å². The summed E-state index contributed by atoms with van der Waals surface area (Å²) in [5.74, 6) is 1.95. The van der Waals surface area contributed by atoms with Crippen molar-refractivity contribution in [3.8, 4) is 17.2 Å². The molecule has 0 spiro atoms. The number of anilines is 1. The van der Waals surface area contributed by atoms with Crippen LogP contribution in [0.4, 0.5) is 5.13 Å². The Morgan fingerprint density at radius 3 is 2.73 bits per heavy atom. The molecular formula is C24H27N3O5S. The Balaban J connectivity index is 1.40. The van der Waals surface area contributed by atoms with E-state index in [1.165, 1.54) is 11.3 Å². The molecular weight excluding hydrogens is 442 g/mol. The summed E-state index contributed by atoms with van der Waals surface area (Å²) in [4.78, 5) is 22.6. The summed E-state index contributed by atoms with van der Waals surface area (Å²) in [6.45, 7) is 5.86. The molecule has 0 bridgehead atoms. The Morgan fingerprint density at radius 1 is 1.09 bits per heavy atom. The van der Waals surface area contributed by atoms with Crippen molar-refractivity contribution in [3.63, 3.8) is 0 Å². The fourth-order valence-electron chi connectivity index (χ4n) is 4.03. The molecule has 0 radical (unpaired) electrons. The molecule has 0 atom stereocenters. The van der Waals surface area contributed by atoms with E-state index in [1.54, 1.807) is 30.2 Å². The number of rotatable bonds is 7. The maximum absolute atomic E-state index is 13.7. The van der Waals surface area contributed by atoms with Crippen molar-refractivity contribution in [2.24, 2.45) is 0 Å². The number of carbonyl (C=O) groups is 1. The van der Waals surface area contributed by atoms with Crippen LogP contribution in [0.15, 0.2) is 36.4 Å². The molecule has 2 aliphatic heterocycles. The van der Waals surface area contributed by atoms with Gasteiger partial charge in [0.25, 0.3) is 5.91 Å². The van der Waals surface area contributed by atoms with Gasteiger partial charge in [-0.05, 0) is 42.8 Å². The molecule has 1 aromatic heterocycles. The highest BCUT2D eigenvalue weighted by Gasteiger charge is 2.24. The van der Waals surface area contributed by atoms with Gasteiger partial charge in [0.15, 0.2) is 16.6 Å². The predicted molar refractivity (Wildman–Crippen MR) is 127 cm³/mol. The van der Waals surface area contributed by atoms with Gasteiger partial charge in [-0.1, -0.05) is 11.3 Å². The van der Waals surface area contributed by atoms with Crippen molar-refractivity contribution in [1.29, 1.82) is 0 Å². The van der Waals surface area contributed by atoms with Gasteiger partial charge in [-0.2, -0.15) is 0 Å². The molecule has 3 aromatic rings. The lowest BCUT2D eigenvalue weighted by Gasteiger charge is -2.28. The normalized spacial score (nSPS) is 16.0. The van der Waals surface area contributed by atoms with Crippen molar-refractivity contribution in [2.45, 2.75) is 6.42 Å². The number of morpholine rings is 1. The second-order valence-electron chi connectivity index (χ2n) is 7.95. The standard InChI is InChI=1S/C24H27N3O5S/c1-29-18-4-5-19-22(16-18)33-24(25-19)27(8-2-7-26-9-11-30-12-10-26)23(28)17-3-6-20-21(15-17)32-14-13-31-20/h3-6,15-16H,2,7-14H2,1H3. The summed E-state index contributed by atoms with van der Waals surface area (Å²) in [6.07, 6.45) is 0.843. The van der Waals surface area contributed by atoms with Gasteiger partial charge < -0.3 is 18.9 Å². The second-order valence-corrected chi connectivity index (χ2v) is 8.96. The Labute approximate surface area is 196 Å². The van der Waals surface area contributed by atoms with Crippen molar-refractivity contribution < 1.29 is 23.7 Å². The van der Waals surface area contributed by atoms with Gasteiger partial charge in [-0.15, -0.1) is 0 Å². The molecule has 0 aliphatic carbocycles. The van der Waals surface area contributed by atoms with E-state index in [1.807, 2.05) is 18.2 Å². The Hall–Kier alpha value is -2.88. The fraction of sp³-hybridized carbons (Fsp3) is 0.417. The molecule has 1 amide bonds. The smallest absolute Gasteiger partial charge is 0.260 e. The zero-order valence-electron chi connectivity index (χ0n) is 18.6. The lowest BCUT2D eigenvalue weighted by molar-refractivity contribution is 0.0376. The van der Waals surface area contributed by atoms with Gasteiger partial charge in [-0.25, -0.2) is 4.98 Å². The van der Waals surface area contributed by atoms with Crippen molar-refractivity contribution in [3.05, 3.63) is 42.0 Å². The third-order valence-electron chi connectivity index (χ3n) is 5.81. The van der Waals surface area contributed by atoms with E-state index in [0.29, 0.717) is 42.0 Å². The van der Waals surface area contributed by atoms with E-state index < -0.39 is 0 Å². The van der Waals surface area contributed by atoms with E-state index in [2.05, 4.69) is 4.90 Å².